The largest absolute Gasteiger partial charge is 0.482 e. The van der Waals surface area contributed by atoms with Crippen molar-refractivity contribution in [1.82, 2.24) is 14.8 Å². The van der Waals surface area contributed by atoms with Crippen molar-refractivity contribution in [2.45, 2.75) is 57.3 Å². The quantitative estimate of drug-likeness (QED) is 0.266. The molecule has 2 aromatic heterocycles. The van der Waals surface area contributed by atoms with Crippen LogP contribution in [0.25, 0.3) is 0 Å². The van der Waals surface area contributed by atoms with Crippen LogP contribution in [0.2, 0.25) is 5.02 Å². The predicted molar refractivity (Wildman–Crippen MR) is 140 cm³/mol. The molecule has 7 nitrogen and oxygen atoms in total. The number of ether oxygens (including phenoxy) is 1. The molecule has 0 radical (unpaired) electrons. The van der Waals surface area contributed by atoms with Crippen LogP contribution in [0, 0.1) is 18.3 Å². The number of nitriles is 1. The number of allylic oxidation sites excluding steroid dienone is 1. The average Bonchev–Trinajstić information content (AvgIpc) is 3.40. The second-order valence-electron chi connectivity index (χ2n) is 8.27. The van der Waals surface area contributed by atoms with Gasteiger partial charge in [0, 0.05) is 16.4 Å². The molecule has 182 valence electrons. The third-order valence-corrected chi connectivity index (χ3v) is 8.14. The summed E-state index contributed by atoms with van der Waals surface area (Å²) in [5, 5.41) is 23.1. The van der Waals surface area contributed by atoms with Crippen LogP contribution in [-0.4, -0.2) is 26.4 Å². The predicted octanol–water partition coefficient (Wildman–Crippen LogP) is 6.11. The number of thiophene rings is 1. The summed E-state index contributed by atoms with van der Waals surface area (Å²) < 4.78 is 8.02. The van der Waals surface area contributed by atoms with Crippen molar-refractivity contribution in [2.75, 3.05) is 11.1 Å². The van der Waals surface area contributed by atoms with Crippen LogP contribution in [0.1, 0.15) is 53.3 Å². The molecule has 0 saturated carbocycles. The van der Waals surface area contributed by atoms with Gasteiger partial charge in [-0.15, -0.1) is 28.1 Å². The van der Waals surface area contributed by atoms with E-state index < -0.39 is 0 Å². The number of fused-ring (bicyclic) bond motifs is 1. The Balaban J connectivity index is 1.44. The molecule has 1 aliphatic rings. The Hall–Kier alpha value is -2.80. The van der Waals surface area contributed by atoms with Gasteiger partial charge in [0.2, 0.25) is 5.91 Å². The number of aromatic nitrogens is 3. The fourth-order valence-electron chi connectivity index (χ4n) is 4.06. The zero-order valence-electron chi connectivity index (χ0n) is 19.6. The van der Waals surface area contributed by atoms with Crippen molar-refractivity contribution >= 4 is 45.6 Å². The maximum absolute atomic E-state index is 12.7. The summed E-state index contributed by atoms with van der Waals surface area (Å²) in [5.74, 6) is 1.32. The second-order valence-corrected chi connectivity index (χ2v) is 10.8. The van der Waals surface area contributed by atoms with Gasteiger partial charge in [0.15, 0.2) is 17.1 Å². The maximum atomic E-state index is 12.7. The first-order valence-corrected chi connectivity index (χ1v) is 13.5. The van der Waals surface area contributed by atoms with Gasteiger partial charge in [0.25, 0.3) is 0 Å². The minimum absolute atomic E-state index is 0.147. The SMILES string of the molecule is C=CCn1c(SCC(=O)Nc2sc3c(c2C#N)CCCC3)nnc1C(C)Oc1ccc(Cl)cc1C. The lowest BCUT2D eigenvalue weighted by molar-refractivity contribution is -0.113. The van der Waals surface area contributed by atoms with Crippen LogP contribution in [0.15, 0.2) is 36.0 Å². The van der Waals surface area contributed by atoms with Crippen molar-refractivity contribution in [1.29, 1.82) is 5.26 Å². The Morgan fingerprint density at radius 2 is 2.23 bits per heavy atom. The number of rotatable bonds is 9. The molecule has 10 heteroatoms. The smallest absolute Gasteiger partial charge is 0.235 e. The zero-order chi connectivity index (χ0) is 24.9. The number of halogens is 1. The fraction of sp³-hybridized carbons (Fsp3) is 0.360. The number of carbonyl (C=O) groups is 1. The number of carbonyl (C=O) groups excluding carboxylic acids is 1. The Morgan fingerprint density at radius 3 is 2.97 bits per heavy atom. The number of hydrogen-bond donors (Lipinski definition) is 1. The number of aryl methyl sites for hydroxylation is 2. The van der Waals surface area contributed by atoms with E-state index in [4.69, 9.17) is 16.3 Å². The van der Waals surface area contributed by atoms with Gasteiger partial charge in [0.05, 0.1) is 11.3 Å². The molecule has 1 unspecified atom stereocenters. The van der Waals surface area contributed by atoms with Crippen LogP contribution in [-0.2, 0) is 24.2 Å². The molecule has 4 rings (SSSR count). The molecule has 1 aliphatic carbocycles. The van der Waals surface area contributed by atoms with Gasteiger partial charge < -0.3 is 10.1 Å². The Labute approximate surface area is 218 Å². The highest BCUT2D eigenvalue weighted by atomic mass is 35.5. The summed E-state index contributed by atoms with van der Waals surface area (Å²) in [7, 11) is 0. The van der Waals surface area contributed by atoms with E-state index in [1.165, 1.54) is 28.0 Å². The van der Waals surface area contributed by atoms with Crippen molar-refractivity contribution in [3.8, 4) is 11.8 Å². The van der Waals surface area contributed by atoms with E-state index in [-0.39, 0.29) is 17.8 Å². The molecule has 1 N–H and O–H groups in total. The Kier molecular flexibility index (Phi) is 8.16. The third-order valence-electron chi connectivity index (χ3n) is 5.73. The van der Waals surface area contributed by atoms with Crippen LogP contribution in [0.4, 0.5) is 5.00 Å². The van der Waals surface area contributed by atoms with Gasteiger partial charge in [0.1, 0.15) is 16.8 Å². The molecule has 2 heterocycles. The molecule has 0 fully saturated rings. The van der Waals surface area contributed by atoms with Gasteiger partial charge in [-0.25, -0.2) is 0 Å². The molecule has 0 bridgehead atoms. The normalized spacial score (nSPS) is 13.5. The standard InChI is InChI=1S/C25H26ClN5O2S2/c1-4-11-31-23(16(3)33-20-10-9-17(26)12-15(20)2)29-30-25(31)34-14-22(32)28-24-19(13-27)18-7-5-6-8-21(18)35-24/h4,9-10,12,16H,1,5-8,11,14H2,2-3H3,(H,28,32). The second kappa shape index (κ2) is 11.3. The van der Waals surface area contributed by atoms with Gasteiger partial charge in [-0.2, -0.15) is 5.26 Å². The number of nitrogens with one attached hydrogen (secondary N) is 1. The Morgan fingerprint density at radius 1 is 1.43 bits per heavy atom. The van der Waals surface area contributed by atoms with Crippen LogP contribution < -0.4 is 10.1 Å². The average molecular weight is 528 g/mol. The molecule has 1 amide bonds. The summed E-state index contributed by atoms with van der Waals surface area (Å²) in [4.78, 5) is 14.0. The number of benzene rings is 1. The minimum atomic E-state index is -0.374. The van der Waals surface area contributed by atoms with Gasteiger partial charge in [-0.3, -0.25) is 9.36 Å². The van der Waals surface area contributed by atoms with E-state index >= 15 is 0 Å². The lowest BCUT2D eigenvalue weighted by Crippen LogP contribution is -2.15. The molecule has 0 saturated heterocycles. The molecule has 35 heavy (non-hydrogen) atoms. The third kappa shape index (κ3) is 5.72. The van der Waals surface area contributed by atoms with E-state index in [0.717, 1.165) is 42.6 Å². The van der Waals surface area contributed by atoms with Crippen molar-refractivity contribution in [3.05, 3.63) is 63.3 Å². The maximum Gasteiger partial charge on any atom is 0.235 e. The molecule has 1 aromatic carbocycles. The van der Waals surface area contributed by atoms with Crippen LogP contribution in [0.3, 0.4) is 0 Å². The monoisotopic (exact) mass is 527 g/mol. The van der Waals surface area contributed by atoms with Crippen LogP contribution >= 0.6 is 34.7 Å². The first-order chi connectivity index (χ1) is 16.9. The van der Waals surface area contributed by atoms with E-state index in [1.54, 1.807) is 12.1 Å². The minimum Gasteiger partial charge on any atom is -0.482 e. The zero-order valence-corrected chi connectivity index (χ0v) is 22.0. The number of hydrogen-bond acceptors (Lipinski definition) is 7. The highest BCUT2D eigenvalue weighted by Crippen LogP contribution is 2.37. The molecule has 0 spiro atoms. The number of thioether (sulfide) groups is 1. The summed E-state index contributed by atoms with van der Waals surface area (Å²) >= 11 is 8.87. The Bertz CT molecular complexity index is 1290. The topological polar surface area (TPSA) is 92.8 Å². The molecular weight excluding hydrogens is 502 g/mol. The summed E-state index contributed by atoms with van der Waals surface area (Å²) in [6.07, 6.45) is 5.48. The van der Waals surface area contributed by atoms with E-state index in [1.807, 2.05) is 30.5 Å². The van der Waals surface area contributed by atoms with Crippen molar-refractivity contribution < 1.29 is 9.53 Å². The summed E-state index contributed by atoms with van der Waals surface area (Å²) in [5.41, 5.74) is 2.65. The number of nitrogens with zero attached hydrogens (tertiary/aromatic N) is 4. The van der Waals surface area contributed by atoms with E-state index in [2.05, 4.69) is 28.2 Å². The highest BCUT2D eigenvalue weighted by molar-refractivity contribution is 7.99. The molecule has 0 aliphatic heterocycles. The number of amides is 1. The first-order valence-electron chi connectivity index (χ1n) is 11.3. The summed E-state index contributed by atoms with van der Waals surface area (Å²) in [6.45, 7) is 8.16. The highest BCUT2D eigenvalue weighted by Gasteiger charge is 2.23. The van der Waals surface area contributed by atoms with Gasteiger partial charge in [-0.1, -0.05) is 29.4 Å². The lowest BCUT2D eigenvalue weighted by Gasteiger charge is -2.17. The van der Waals surface area contributed by atoms with E-state index in [9.17, 15) is 10.1 Å². The fourth-order valence-corrected chi connectivity index (χ4v) is 6.30. The summed E-state index contributed by atoms with van der Waals surface area (Å²) in [6, 6.07) is 7.75. The van der Waals surface area contributed by atoms with Crippen molar-refractivity contribution in [2.24, 2.45) is 0 Å². The molecule has 1 atom stereocenters. The number of anilines is 1. The van der Waals surface area contributed by atoms with E-state index in [0.29, 0.717) is 33.1 Å². The van der Waals surface area contributed by atoms with Gasteiger partial charge >= 0.3 is 0 Å². The lowest BCUT2D eigenvalue weighted by atomic mass is 9.96. The van der Waals surface area contributed by atoms with Gasteiger partial charge in [-0.05, 0) is 68.9 Å². The first kappa shape index (κ1) is 25.3. The molecule has 3 aromatic rings. The molecular formula is C25H26ClN5O2S2. The van der Waals surface area contributed by atoms with Crippen molar-refractivity contribution in [3.63, 3.8) is 0 Å². The van der Waals surface area contributed by atoms with Crippen LogP contribution in [0.5, 0.6) is 5.75 Å².